The second-order valence-electron chi connectivity index (χ2n) is 12.5. The van der Waals surface area contributed by atoms with Crippen LogP contribution < -0.4 is 0 Å². The summed E-state index contributed by atoms with van der Waals surface area (Å²) in [5.41, 5.74) is 0. The fourth-order valence-corrected chi connectivity index (χ4v) is 5.01. The van der Waals surface area contributed by atoms with Crippen LogP contribution in [-0.4, -0.2) is 47.2 Å². The van der Waals surface area contributed by atoms with Crippen molar-refractivity contribution in [1.29, 1.82) is 0 Å². The molecule has 3 N–H and O–H groups in total. The van der Waals surface area contributed by atoms with Crippen LogP contribution in [0, 0.1) is 0 Å². The Bertz CT molecular complexity index is 589. The lowest BCUT2D eigenvalue weighted by molar-refractivity contribution is -0.147. The molecule has 0 spiro atoms. The molecule has 0 heterocycles. The molecular formula is C39H76O5. The topological polar surface area (TPSA) is 87.0 Å². The molecule has 0 fully saturated rings. The molecule has 1 unspecified atom stereocenters. The van der Waals surface area contributed by atoms with E-state index in [0.29, 0.717) is 13.0 Å². The first-order valence-electron chi connectivity index (χ1n) is 19.0. The quantitative estimate of drug-likeness (QED) is 0.0384. The van der Waals surface area contributed by atoms with Crippen molar-refractivity contribution in [3.05, 3.63) is 24.3 Å². The Balaban J connectivity index is 0. The van der Waals surface area contributed by atoms with Gasteiger partial charge in [0, 0.05) is 13.0 Å². The molecule has 0 aromatic carbocycles. The Labute approximate surface area is 274 Å². The van der Waals surface area contributed by atoms with Crippen LogP contribution in [0.15, 0.2) is 24.3 Å². The number of ether oxygens (including phenoxy) is 1. The fourth-order valence-electron chi connectivity index (χ4n) is 5.01. The highest BCUT2D eigenvalue weighted by Crippen LogP contribution is 2.11. The molecule has 0 aliphatic carbocycles. The zero-order valence-electron chi connectivity index (χ0n) is 29.5. The Morgan fingerprint density at radius 2 is 0.864 bits per heavy atom. The molecule has 44 heavy (non-hydrogen) atoms. The van der Waals surface area contributed by atoms with Crippen LogP contribution in [0.4, 0.5) is 0 Å². The first-order chi connectivity index (χ1) is 21.6. The van der Waals surface area contributed by atoms with Crippen molar-refractivity contribution < 1.29 is 24.9 Å². The van der Waals surface area contributed by atoms with Crippen molar-refractivity contribution in [2.24, 2.45) is 0 Å². The monoisotopic (exact) mass is 625 g/mol. The maximum Gasteiger partial charge on any atom is 0.305 e. The number of aliphatic hydroxyl groups is 3. The average Bonchev–Trinajstić information content (AvgIpc) is 3.03. The fraction of sp³-hybridized carbons (Fsp3) is 0.872. The SMILES string of the molecule is CCCCCCCC/C=C\CCCCCCCC(=O)OCC(O)CO.CCCCCCCC/C=C\CCCCCCCCO. The lowest BCUT2D eigenvalue weighted by Gasteiger charge is -2.08. The number of hydrogen-bond donors (Lipinski definition) is 3. The van der Waals surface area contributed by atoms with Gasteiger partial charge in [-0.3, -0.25) is 4.79 Å². The summed E-state index contributed by atoms with van der Waals surface area (Å²) in [5, 5.41) is 26.4. The van der Waals surface area contributed by atoms with E-state index in [0.717, 1.165) is 32.1 Å². The minimum atomic E-state index is -0.960. The molecule has 0 aromatic rings. The van der Waals surface area contributed by atoms with Crippen molar-refractivity contribution in [2.45, 2.75) is 200 Å². The van der Waals surface area contributed by atoms with Gasteiger partial charge in [0.25, 0.3) is 0 Å². The van der Waals surface area contributed by atoms with Crippen LogP contribution in [0.25, 0.3) is 0 Å². The van der Waals surface area contributed by atoms with Crippen LogP contribution in [0.2, 0.25) is 0 Å². The van der Waals surface area contributed by atoms with Crippen LogP contribution in [0.3, 0.4) is 0 Å². The minimum Gasteiger partial charge on any atom is -0.463 e. The lowest BCUT2D eigenvalue weighted by atomic mass is 10.1. The van der Waals surface area contributed by atoms with Crippen molar-refractivity contribution in [3.8, 4) is 0 Å². The maximum atomic E-state index is 11.4. The van der Waals surface area contributed by atoms with Gasteiger partial charge >= 0.3 is 5.97 Å². The van der Waals surface area contributed by atoms with Gasteiger partial charge in [-0.2, -0.15) is 0 Å². The van der Waals surface area contributed by atoms with E-state index in [1.807, 2.05) is 0 Å². The van der Waals surface area contributed by atoms with Gasteiger partial charge in [-0.05, 0) is 64.2 Å². The van der Waals surface area contributed by atoms with Gasteiger partial charge in [0.1, 0.15) is 12.7 Å². The van der Waals surface area contributed by atoms with E-state index in [9.17, 15) is 4.79 Å². The first kappa shape index (κ1) is 45.0. The van der Waals surface area contributed by atoms with Gasteiger partial charge in [-0.25, -0.2) is 0 Å². The smallest absolute Gasteiger partial charge is 0.305 e. The Morgan fingerprint density at radius 3 is 1.23 bits per heavy atom. The van der Waals surface area contributed by atoms with Gasteiger partial charge < -0.3 is 20.1 Å². The molecule has 5 heteroatoms. The van der Waals surface area contributed by atoms with Crippen LogP contribution in [-0.2, 0) is 9.53 Å². The Kier molecular flexibility index (Phi) is 42.7. The summed E-state index contributed by atoms with van der Waals surface area (Å²) in [5.74, 6) is -0.287. The van der Waals surface area contributed by atoms with Gasteiger partial charge in [-0.15, -0.1) is 0 Å². The second-order valence-corrected chi connectivity index (χ2v) is 12.5. The maximum absolute atomic E-state index is 11.4. The van der Waals surface area contributed by atoms with E-state index in [2.05, 4.69) is 38.2 Å². The van der Waals surface area contributed by atoms with Crippen molar-refractivity contribution in [2.75, 3.05) is 19.8 Å². The number of hydrogen-bond acceptors (Lipinski definition) is 5. The molecule has 0 rings (SSSR count). The molecule has 0 amide bonds. The molecule has 0 bridgehead atoms. The summed E-state index contributed by atoms with van der Waals surface area (Å²) < 4.78 is 4.86. The van der Waals surface area contributed by atoms with Crippen LogP contribution >= 0.6 is 0 Å². The van der Waals surface area contributed by atoms with E-state index in [4.69, 9.17) is 20.1 Å². The largest absolute Gasteiger partial charge is 0.463 e. The van der Waals surface area contributed by atoms with E-state index in [-0.39, 0.29) is 19.2 Å². The third-order valence-corrected chi connectivity index (χ3v) is 7.96. The molecule has 0 saturated heterocycles. The molecule has 0 aliphatic heterocycles. The van der Waals surface area contributed by atoms with Gasteiger partial charge in [0.15, 0.2) is 0 Å². The number of carbonyl (C=O) groups is 1. The molecule has 5 nitrogen and oxygen atoms in total. The van der Waals surface area contributed by atoms with Crippen LogP contribution in [0.5, 0.6) is 0 Å². The van der Waals surface area contributed by atoms with Gasteiger partial charge in [0.2, 0.25) is 0 Å². The molecule has 0 aliphatic rings. The summed E-state index contributed by atoms with van der Waals surface area (Å²) in [6.07, 6.45) is 43.3. The first-order valence-corrected chi connectivity index (χ1v) is 19.0. The highest BCUT2D eigenvalue weighted by molar-refractivity contribution is 5.69. The van der Waals surface area contributed by atoms with E-state index < -0.39 is 6.10 Å². The second kappa shape index (κ2) is 41.8. The third kappa shape index (κ3) is 43.0. The Morgan fingerprint density at radius 1 is 0.523 bits per heavy atom. The zero-order chi connectivity index (χ0) is 32.6. The summed E-state index contributed by atoms with van der Waals surface area (Å²) >= 11 is 0. The van der Waals surface area contributed by atoms with Gasteiger partial charge in [0.05, 0.1) is 6.61 Å². The predicted octanol–water partition coefficient (Wildman–Crippen LogP) is 10.9. The average molecular weight is 625 g/mol. The Hall–Kier alpha value is -1.17. The van der Waals surface area contributed by atoms with E-state index >= 15 is 0 Å². The van der Waals surface area contributed by atoms with Crippen molar-refractivity contribution >= 4 is 5.97 Å². The standard InChI is InChI=1S/C21H40O4.C18H36O/c1-2-3-4-5-6-7-8-9-10-11-12-13-14-15-16-17-21(24)25-19-20(23)18-22;1-2-3-4-5-6-7-8-9-10-11-12-13-14-15-16-17-18-19/h9-10,20,22-23H,2-8,11-19H2,1H3;9-10,19H,2-8,11-18H2,1H3/b2*10-9-. The molecular weight excluding hydrogens is 548 g/mol. The highest BCUT2D eigenvalue weighted by atomic mass is 16.5. The lowest BCUT2D eigenvalue weighted by Crippen LogP contribution is -2.21. The number of rotatable bonds is 33. The zero-order valence-corrected chi connectivity index (χ0v) is 29.5. The van der Waals surface area contributed by atoms with Crippen molar-refractivity contribution in [3.63, 3.8) is 0 Å². The molecule has 0 saturated carbocycles. The number of allylic oxidation sites excluding steroid dienone is 4. The molecule has 262 valence electrons. The molecule has 1 atom stereocenters. The minimum absolute atomic E-state index is 0.111. The molecule has 0 aromatic heterocycles. The number of carbonyl (C=O) groups excluding carboxylic acids is 1. The summed E-state index contributed by atoms with van der Waals surface area (Å²) in [4.78, 5) is 11.4. The number of aliphatic hydroxyl groups excluding tert-OH is 3. The summed E-state index contributed by atoms with van der Waals surface area (Å²) in [6.45, 7) is 4.40. The number of esters is 1. The summed E-state index contributed by atoms with van der Waals surface area (Å²) in [7, 11) is 0. The summed E-state index contributed by atoms with van der Waals surface area (Å²) in [6, 6.07) is 0. The van der Waals surface area contributed by atoms with Crippen molar-refractivity contribution in [1.82, 2.24) is 0 Å². The van der Waals surface area contributed by atoms with Crippen LogP contribution in [0.1, 0.15) is 194 Å². The van der Waals surface area contributed by atoms with E-state index in [1.54, 1.807) is 0 Å². The number of unbranched alkanes of at least 4 members (excludes halogenated alkanes) is 23. The molecule has 0 radical (unpaired) electrons. The van der Waals surface area contributed by atoms with Gasteiger partial charge in [-0.1, -0.05) is 147 Å². The highest BCUT2D eigenvalue weighted by Gasteiger charge is 2.07. The third-order valence-electron chi connectivity index (χ3n) is 7.96. The van der Waals surface area contributed by atoms with E-state index in [1.165, 1.54) is 141 Å². The normalized spacial score (nSPS) is 12.1. The predicted molar refractivity (Wildman–Crippen MR) is 190 cm³/mol.